The fraction of sp³-hybridized carbons (Fsp3) is 0.929. The van der Waals surface area contributed by atoms with Crippen LogP contribution in [-0.4, -0.2) is 30.6 Å². The summed E-state index contributed by atoms with van der Waals surface area (Å²) in [6, 6.07) is 0. The maximum Gasteiger partial charge on any atom is 0.312 e. The van der Waals surface area contributed by atoms with Crippen molar-refractivity contribution in [2.75, 3.05) is 13.2 Å². The summed E-state index contributed by atoms with van der Waals surface area (Å²) in [5.74, 6) is -0.510. The van der Waals surface area contributed by atoms with Crippen LogP contribution in [0.3, 0.4) is 0 Å². The van der Waals surface area contributed by atoms with E-state index in [0.29, 0.717) is 13.2 Å². The molecule has 104 valence electrons. The molecule has 1 saturated carbocycles. The highest BCUT2D eigenvalue weighted by Crippen LogP contribution is 2.45. The zero-order chi connectivity index (χ0) is 13.4. The molecule has 0 aromatic carbocycles. The maximum absolute atomic E-state index is 12.2. The predicted molar refractivity (Wildman–Crippen MR) is 67.1 cm³/mol. The molecule has 1 spiro atoms. The zero-order valence-electron chi connectivity index (χ0n) is 11.9. The van der Waals surface area contributed by atoms with Crippen LogP contribution in [-0.2, 0) is 19.0 Å². The van der Waals surface area contributed by atoms with Gasteiger partial charge in [-0.2, -0.15) is 0 Å². The topological polar surface area (TPSA) is 44.8 Å². The fourth-order valence-corrected chi connectivity index (χ4v) is 2.57. The van der Waals surface area contributed by atoms with Gasteiger partial charge in [0.05, 0.1) is 18.6 Å². The lowest BCUT2D eigenvalue weighted by atomic mass is 9.73. The van der Waals surface area contributed by atoms with Gasteiger partial charge in [-0.05, 0) is 40.5 Å². The Hall–Kier alpha value is -0.610. The highest BCUT2D eigenvalue weighted by Gasteiger charge is 2.48. The Morgan fingerprint density at radius 1 is 1.06 bits per heavy atom. The molecule has 2 rings (SSSR count). The second-order valence-electron chi connectivity index (χ2n) is 6.67. The largest absolute Gasteiger partial charge is 0.460 e. The molecular formula is C14H24O4. The van der Waals surface area contributed by atoms with E-state index in [-0.39, 0.29) is 5.97 Å². The van der Waals surface area contributed by atoms with Crippen LogP contribution in [0.5, 0.6) is 0 Å². The van der Waals surface area contributed by atoms with Crippen molar-refractivity contribution in [2.24, 2.45) is 5.41 Å². The molecule has 0 N–H and O–H groups in total. The third-order valence-electron chi connectivity index (χ3n) is 3.82. The van der Waals surface area contributed by atoms with Crippen molar-refractivity contribution in [3.8, 4) is 0 Å². The molecule has 0 unspecified atom stereocenters. The fourth-order valence-electron chi connectivity index (χ4n) is 2.57. The molecule has 2 aliphatic rings. The number of carbonyl (C=O) groups is 1. The lowest BCUT2D eigenvalue weighted by molar-refractivity contribution is -0.201. The minimum absolute atomic E-state index is 0.0946. The zero-order valence-corrected chi connectivity index (χ0v) is 11.9. The first-order valence-corrected chi connectivity index (χ1v) is 6.76. The van der Waals surface area contributed by atoms with E-state index in [1.165, 1.54) is 0 Å². The summed E-state index contributed by atoms with van der Waals surface area (Å²) >= 11 is 0. The Balaban J connectivity index is 1.96. The third kappa shape index (κ3) is 2.86. The Bertz CT molecular complexity index is 313. The molecule has 0 aromatic rings. The van der Waals surface area contributed by atoms with Crippen LogP contribution >= 0.6 is 0 Å². The average molecular weight is 256 g/mol. The first kappa shape index (κ1) is 13.8. The first-order chi connectivity index (χ1) is 8.25. The Morgan fingerprint density at radius 3 is 2.00 bits per heavy atom. The van der Waals surface area contributed by atoms with Gasteiger partial charge in [-0.3, -0.25) is 4.79 Å². The smallest absolute Gasteiger partial charge is 0.312 e. The molecule has 2 fully saturated rings. The molecule has 1 saturated heterocycles. The normalized spacial score (nSPS) is 26.2. The number of esters is 1. The number of rotatable bonds is 1. The Kier molecular flexibility index (Phi) is 3.45. The first-order valence-electron chi connectivity index (χ1n) is 6.76. The van der Waals surface area contributed by atoms with Crippen molar-refractivity contribution in [3.63, 3.8) is 0 Å². The second kappa shape index (κ2) is 4.49. The van der Waals surface area contributed by atoms with Crippen molar-refractivity contribution in [1.82, 2.24) is 0 Å². The van der Waals surface area contributed by atoms with E-state index >= 15 is 0 Å². The van der Waals surface area contributed by atoms with E-state index in [4.69, 9.17) is 14.2 Å². The van der Waals surface area contributed by atoms with Crippen molar-refractivity contribution in [3.05, 3.63) is 0 Å². The van der Waals surface area contributed by atoms with Crippen molar-refractivity contribution in [2.45, 2.75) is 64.8 Å². The van der Waals surface area contributed by atoms with Gasteiger partial charge in [0.1, 0.15) is 5.60 Å². The third-order valence-corrected chi connectivity index (χ3v) is 3.82. The molecule has 0 amide bonds. The number of ether oxygens (including phenoxy) is 3. The second-order valence-corrected chi connectivity index (χ2v) is 6.67. The van der Waals surface area contributed by atoms with Gasteiger partial charge in [-0.1, -0.05) is 0 Å². The van der Waals surface area contributed by atoms with Gasteiger partial charge in [-0.15, -0.1) is 0 Å². The molecule has 1 aliphatic heterocycles. The molecule has 0 bridgehead atoms. The van der Waals surface area contributed by atoms with E-state index < -0.39 is 16.8 Å². The molecule has 0 aromatic heterocycles. The van der Waals surface area contributed by atoms with E-state index in [9.17, 15) is 4.79 Å². The predicted octanol–water partition coefficient (Wildman–Crippen LogP) is 2.65. The van der Waals surface area contributed by atoms with Crippen LogP contribution in [0.25, 0.3) is 0 Å². The van der Waals surface area contributed by atoms with Gasteiger partial charge >= 0.3 is 5.97 Å². The molecule has 1 aliphatic carbocycles. The molecule has 0 atom stereocenters. The highest BCUT2D eigenvalue weighted by atomic mass is 16.7. The highest BCUT2D eigenvalue weighted by molar-refractivity contribution is 5.77. The summed E-state index contributed by atoms with van der Waals surface area (Å²) in [4.78, 5) is 12.2. The van der Waals surface area contributed by atoms with E-state index in [0.717, 1.165) is 25.7 Å². The van der Waals surface area contributed by atoms with Gasteiger partial charge < -0.3 is 14.2 Å². The average Bonchev–Trinajstić information content (AvgIpc) is 2.70. The molecule has 18 heavy (non-hydrogen) atoms. The standard InChI is InChI=1S/C14H24O4/c1-12(2,3)18-11(15)13(4)5-7-14(8-6-13)16-9-10-17-14/h5-10H2,1-4H3. The van der Waals surface area contributed by atoms with Crippen LogP contribution in [0.4, 0.5) is 0 Å². The SMILES string of the molecule is CC(C)(C)OC(=O)C1(C)CCC2(CC1)OCCO2. The quantitative estimate of drug-likeness (QED) is 0.677. The monoisotopic (exact) mass is 256 g/mol. The van der Waals surface area contributed by atoms with Crippen molar-refractivity contribution < 1.29 is 19.0 Å². The molecule has 0 radical (unpaired) electrons. The van der Waals surface area contributed by atoms with Gasteiger partial charge in [0.15, 0.2) is 5.79 Å². The number of hydrogen-bond donors (Lipinski definition) is 0. The molecule has 4 heteroatoms. The van der Waals surface area contributed by atoms with Gasteiger partial charge in [-0.25, -0.2) is 0 Å². The minimum atomic E-state index is -0.421. The van der Waals surface area contributed by atoms with Crippen LogP contribution in [0, 0.1) is 5.41 Å². The summed E-state index contributed by atoms with van der Waals surface area (Å²) in [6.07, 6.45) is 3.09. The molecular weight excluding hydrogens is 232 g/mol. The summed E-state index contributed by atoms with van der Waals surface area (Å²) < 4.78 is 16.9. The van der Waals surface area contributed by atoms with E-state index in [2.05, 4.69) is 0 Å². The number of carbonyl (C=O) groups excluding carboxylic acids is 1. The van der Waals surface area contributed by atoms with Crippen LogP contribution < -0.4 is 0 Å². The molecule has 1 heterocycles. The van der Waals surface area contributed by atoms with Crippen LogP contribution in [0.15, 0.2) is 0 Å². The van der Waals surface area contributed by atoms with Gasteiger partial charge in [0.2, 0.25) is 0 Å². The number of hydrogen-bond acceptors (Lipinski definition) is 4. The lowest BCUT2D eigenvalue weighted by Crippen LogP contribution is -2.44. The molecule has 4 nitrogen and oxygen atoms in total. The summed E-state index contributed by atoms with van der Waals surface area (Å²) in [5, 5.41) is 0. The van der Waals surface area contributed by atoms with E-state index in [1.54, 1.807) is 0 Å². The minimum Gasteiger partial charge on any atom is -0.460 e. The van der Waals surface area contributed by atoms with Crippen LogP contribution in [0.1, 0.15) is 53.4 Å². The van der Waals surface area contributed by atoms with Crippen molar-refractivity contribution >= 4 is 5.97 Å². The summed E-state index contributed by atoms with van der Waals surface area (Å²) in [7, 11) is 0. The Morgan fingerprint density at radius 2 is 1.56 bits per heavy atom. The van der Waals surface area contributed by atoms with E-state index in [1.807, 2.05) is 27.7 Å². The summed E-state index contributed by atoms with van der Waals surface area (Å²) in [6.45, 7) is 9.04. The summed E-state index contributed by atoms with van der Waals surface area (Å²) in [5.41, 5.74) is -0.816. The van der Waals surface area contributed by atoms with Crippen molar-refractivity contribution in [1.29, 1.82) is 0 Å². The Labute approximate surface area is 109 Å². The van der Waals surface area contributed by atoms with Gasteiger partial charge in [0.25, 0.3) is 0 Å². The van der Waals surface area contributed by atoms with Crippen LogP contribution in [0.2, 0.25) is 0 Å². The van der Waals surface area contributed by atoms with Gasteiger partial charge in [0, 0.05) is 12.8 Å². The maximum atomic E-state index is 12.2. The lowest BCUT2D eigenvalue weighted by Gasteiger charge is -2.41.